The van der Waals surface area contributed by atoms with Crippen LogP contribution >= 0.6 is 0 Å². The molecule has 4 heterocycles. The van der Waals surface area contributed by atoms with Crippen LogP contribution in [0, 0.1) is 13.8 Å². The molecule has 0 N–H and O–H groups in total. The lowest BCUT2D eigenvalue weighted by Gasteiger charge is -2.43. The standard InChI is InChI=1S/C29H30N3/c1-17-13-14-20-25-21(17)23-22(18(2)15-16-30-23)27-31(7)24(19-11-9-8-10-12-19)26(32(25)27)29(5,6)28(20,3)4/h8-16H,1-7H3/q+1/i1D3. The van der Waals surface area contributed by atoms with Crippen molar-refractivity contribution in [3.8, 4) is 11.3 Å². The van der Waals surface area contributed by atoms with Crippen molar-refractivity contribution in [2.45, 2.75) is 52.3 Å². The van der Waals surface area contributed by atoms with E-state index in [4.69, 9.17) is 9.10 Å². The summed E-state index contributed by atoms with van der Waals surface area (Å²) in [4.78, 5) is 4.82. The van der Waals surface area contributed by atoms with Crippen LogP contribution in [0.3, 0.4) is 0 Å². The molecule has 5 aromatic rings. The summed E-state index contributed by atoms with van der Waals surface area (Å²) in [5.41, 5.74) is 8.40. The number of fused-ring (bicyclic) bond motifs is 3. The van der Waals surface area contributed by atoms with Crippen molar-refractivity contribution in [3.63, 3.8) is 0 Å². The van der Waals surface area contributed by atoms with Crippen LogP contribution in [0.5, 0.6) is 0 Å². The molecule has 2 aromatic carbocycles. The smallest absolute Gasteiger partial charge is 0.255 e. The van der Waals surface area contributed by atoms with E-state index in [0.717, 1.165) is 49.8 Å². The van der Waals surface area contributed by atoms with E-state index in [0.29, 0.717) is 5.56 Å². The summed E-state index contributed by atoms with van der Waals surface area (Å²) >= 11 is 0. The summed E-state index contributed by atoms with van der Waals surface area (Å²) in [6.45, 7) is 9.02. The molecule has 0 atom stereocenters. The van der Waals surface area contributed by atoms with E-state index in [1.807, 2.05) is 24.3 Å². The Bertz CT molecular complexity index is 1690. The molecule has 1 aliphatic heterocycles. The Morgan fingerprint density at radius 1 is 0.906 bits per heavy atom. The van der Waals surface area contributed by atoms with Crippen LogP contribution in [0.2, 0.25) is 0 Å². The Kier molecular flexibility index (Phi) is 3.07. The van der Waals surface area contributed by atoms with E-state index < -0.39 is 6.85 Å². The van der Waals surface area contributed by atoms with Crippen LogP contribution < -0.4 is 4.57 Å². The van der Waals surface area contributed by atoms with Gasteiger partial charge in [-0.05, 0) is 31.0 Å². The zero-order chi connectivity index (χ0) is 25.1. The predicted octanol–water partition coefficient (Wildman–Crippen LogP) is 6.32. The first-order chi connectivity index (χ1) is 16.4. The van der Waals surface area contributed by atoms with E-state index in [1.54, 1.807) is 6.20 Å². The third-order valence-corrected chi connectivity index (χ3v) is 8.21. The van der Waals surface area contributed by atoms with Crippen molar-refractivity contribution in [2.75, 3.05) is 0 Å². The van der Waals surface area contributed by atoms with Gasteiger partial charge in [0.1, 0.15) is 5.52 Å². The second kappa shape index (κ2) is 5.98. The monoisotopic (exact) mass is 423 g/mol. The van der Waals surface area contributed by atoms with Crippen LogP contribution in [-0.4, -0.2) is 9.38 Å². The summed E-state index contributed by atoms with van der Waals surface area (Å²) in [7, 11) is 2.13. The van der Waals surface area contributed by atoms with E-state index in [1.165, 1.54) is 5.69 Å². The Balaban J connectivity index is 2.05. The van der Waals surface area contributed by atoms with E-state index >= 15 is 0 Å². The molecule has 3 nitrogen and oxygen atoms in total. The number of imidazole rings is 1. The van der Waals surface area contributed by atoms with Gasteiger partial charge in [-0.1, -0.05) is 70.2 Å². The molecule has 0 radical (unpaired) electrons. The Labute approximate surface area is 193 Å². The van der Waals surface area contributed by atoms with E-state index in [2.05, 4.69) is 74.9 Å². The normalized spacial score (nSPS) is 18.2. The fourth-order valence-corrected chi connectivity index (χ4v) is 5.86. The molecule has 0 amide bonds. The summed E-state index contributed by atoms with van der Waals surface area (Å²) < 4.78 is 29.8. The minimum atomic E-state index is -2.25. The van der Waals surface area contributed by atoms with Crippen LogP contribution in [0.1, 0.15) is 54.2 Å². The molecule has 3 heteroatoms. The molecular weight excluding hydrogens is 390 g/mol. The molecule has 0 fully saturated rings. The summed E-state index contributed by atoms with van der Waals surface area (Å²) in [6, 6.07) is 16.4. The average Bonchev–Trinajstić information content (AvgIpc) is 3.11. The number of aromatic nitrogens is 3. The highest BCUT2D eigenvalue weighted by atomic mass is 15.1. The molecule has 32 heavy (non-hydrogen) atoms. The van der Waals surface area contributed by atoms with Gasteiger partial charge in [0.2, 0.25) is 0 Å². The van der Waals surface area contributed by atoms with Crippen molar-refractivity contribution in [1.82, 2.24) is 9.38 Å². The van der Waals surface area contributed by atoms with Gasteiger partial charge in [-0.15, -0.1) is 0 Å². The largest absolute Gasteiger partial charge is 0.297 e. The highest BCUT2D eigenvalue weighted by Crippen LogP contribution is 2.53. The van der Waals surface area contributed by atoms with Crippen LogP contribution in [0.25, 0.3) is 38.7 Å². The number of pyridine rings is 2. The van der Waals surface area contributed by atoms with Crippen molar-refractivity contribution in [2.24, 2.45) is 7.05 Å². The number of aryl methyl sites for hydroxylation is 3. The minimum absolute atomic E-state index is 0.242. The van der Waals surface area contributed by atoms with Gasteiger partial charge in [0.05, 0.1) is 23.3 Å². The first-order valence-electron chi connectivity index (χ1n) is 12.7. The van der Waals surface area contributed by atoms with Gasteiger partial charge in [0.15, 0.2) is 11.4 Å². The SMILES string of the molecule is [2H]C([2H])([2H])c1ccc2c3c1c1nccc(C)c1c1n3c(c(-c3ccccc3)[n+]1C)C(C)(C)C2(C)C. The highest BCUT2D eigenvalue weighted by Gasteiger charge is 2.52. The molecule has 0 bridgehead atoms. The maximum absolute atomic E-state index is 8.38. The molecule has 0 unspecified atom stereocenters. The van der Waals surface area contributed by atoms with Gasteiger partial charge < -0.3 is 0 Å². The lowest BCUT2D eigenvalue weighted by atomic mass is 9.60. The Morgan fingerprint density at radius 3 is 2.38 bits per heavy atom. The molecule has 0 saturated heterocycles. The van der Waals surface area contributed by atoms with Crippen molar-refractivity contribution in [3.05, 3.63) is 77.1 Å². The first-order valence-corrected chi connectivity index (χ1v) is 11.2. The maximum Gasteiger partial charge on any atom is 0.297 e. The number of hydrogen-bond acceptors (Lipinski definition) is 1. The fraction of sp³-hybridized carbons (Fsp3) is 0.310. The van der Waals surface area contributed by atoms with Gasteiger partial charge >= 0.3 is 0 Å². The number of benzene rings is 2. The molecule has 0 saturated carbocycles. The maximum atomic E-state index is 8.38. The fourth-order valence-electron chi connectivity index (χ4n) is 5.86. The number of nitrogens with zero attached hydrogens (tertiary/aromatic N) is 3. The third kappa shape index (κ3) is 2.07. The van der Waals surface area contributed by atoms with Gasteiger partial charge in [0.25, 0.3) is 5.65 Å². The van der Waals surface area contributed by atoms with Crippen molar-refractivity contribution in [1.29, 1.82) is 0 Å². The van der Waals surface area contributed by atoms with Gasteiger partial charge in [0, 0.05) is 32.3 Å². The van der Waals surface area contributed by atoms with Gasteiger partial charge in [-0.25, -0.2) is 4.57 Å². The second-order valence-electron chi connectivity index (χ2n) is 10.3. The van der Waals surface area contributed by atoms with Gasteiger partial charge in [-0.3, -0.25) is 4.98 Å². The molecular formula is C29H30N3+. The van der Waals surface area contributed by atoms with Gasteiger partial charge in [-0.2, -0.15) is 4.40 Å². The lowest BCUT2D eigenvalue weighted by Crippen LogP contribution is -2.44. The molecule has 0 spiro atoms. The van der Waals surface area contributed by atoms with Crippen LogP contribution in [0.4, 0.5) is 0 Å². The molecule has 6 rings (SSSR count). The molecule has 0 aliphatic carbocycles. The third-order valence-electron chi connectivity index (χ3n) is 8.21. The zero-order valence-corrected chi connectivity index (χ0v) is 19.5. The van der Waals surface area contributed by atoms with Crippen LogP contribution in [-0.2, 0) is 17.9 Å². The summed E-state index contributed by atoms with van der Waals surface area (Å²) in [5, 5.41) is 1.75. The molecule has 1 aliphatic rings. The van der Waals surface area contributed by atoms with Crippen molar-refractivity contribution >= 4 is 27.5 Å². The topological polar surface area (TPSA) is 21.2 Å². The molecule has 3 aromatic heterocycles. The quantitative estimate of drug-likeness (QED) is 0.228. The zero-order valence-electron chi connectivity index (χ0n) is 22.5. The first kappa shape index (κ1) is 16.4. The Morgan fingerprint density at radius 2 is 1.66 bits per heavy atom. The summed E-state index contributed by atoms with van der Waals surface area (Å²) in [5.74, 6) is 0. The number of rotatable bonds is 1. The highest BCUT2D eigenvalue weighted by molar-refractivity contribution is 6.13. The van der Waals surface area contributed by atoms with E-state index in [9.17, 15) is 0 Å². The molecule has 160 valence electrons. The van der Waals surface area contributed by atoms with Crippen LogP contribution in [0.15, 0.2) is 54.7 Å². The summed E-state index contributed by atoms with van der Waals surface area (Å²) in [6.07, 6.45) is 1.80. The number of hydrogen-bond donors (Lipinski definition) is 0. The van der Waals surface area contributed by atoms with E-state index in [-0.39, 0.29) is 10.8 Å². The Hall–Kier alpha value is -3.20. The second-order valence-corrected chi connectivity index (χ2v) is 10.3. The van der Waals surface area contributed by atoms with Crippen molar-refractivity contribution < 1.29 is 8.68 Å². The predicted molar refractivity (Wildman–Crippen MR) is 132 cm³/mol. The average molecular weight is 424 g/mol. The minimum Gasteiger partial charge on any atom is -0.255 e. The lowest BCUT2D eigenvalue weighted by molar-refractivity contribution is -0.632.